The standard InChI is InChI=1S/C23H29NO2/c1-18(21-10-6-3-7-11-21)23(25)24-16-19-12-14-22(15-13-19)26-17-20-8-4-2-5-9-20/h2,4-5,8-9,12-15,18,21H,3,6-7,10-11,16-17H2,1H3,(H,24,25)/t18-/m1/s1. The molecule has 1 saturated carbocycles. The van der Waals surface area contributed by atoms with Crippen LogP contribution < -0.4 is 10.1 Å². The van der Waals surface area contributed by atoms with Crippen LogP contribution >= 0.6 is 0 Å². The van der Waals surface area contributed by atoms with Gasteiger partial charge in [0.05, 0.1) is 0 Å². The van der Waals surface area contributed by atoms with Gasteiger partial charge in [-0.15, -0.1) is 0 Å². The van der Waals surface area contributed by atoms with Crippen LogP contribution in [0, 0.1) is 11.8 Å². The van der Waals surface area contributed by atoms with Gasteiger partial charge < -0.3 is 10.1 Å². The first-order chi connectivity index (χ1) is 12.7. The average Bonchev–Trinajstić information content (AvgIpc) is 2.72. The average molecular weight is 351 g/mol. The summed E-state index contributed by atoms with van der Waals surface area (Å²) in [6.07, 6.45) is 6.26. The lowest BCUT2D eigenvalue weighted by Crippen LogP contribution is -2.33. The monoisotopic (exact) mass is 351 g/mol. The highest BCUT2D eigenvalue weighted by Crippen LogP contribution is 2.29. The molecule has 2 aromatic carbocycles. The van der Waals surface area contributed by atoms with Crippen LogP contribution in [0.3, 0.4) is 0 Å². The van der Waals surface area contributed by atoms with E-state index in [4.69, 9.17) is 4.74 Å². The number of amides is 1. The van der Waals surface area contributed by atoms with Crippen molar-refractivity contribution in [3.63, 3.8) is 0 Å². The molecular formula is C23H29NO2. The number of hydrogen-bond acceptors (Lipinski definition) is 2. The van der Waals surface area contributed by atoms with E-state index in [1.54, 1.807) is 0 Å². The highest BCUT2D eigenvalue weighted by molar-refractivity contribution is 5.78. The number of carbonyl (C=O) groups is 1. The summed E-state index contributed by atoms with van der Waals surface area (Å²) in [7, 11) is 0. The molecule has 1 aliphatic rings. The number of nitrogens with one attached hydrogen (secondary N) is 1. The molecule has 1 N–H and O–H groups in total. The highest BCUT2D eigenvalue weighted by Gasteiger charge is 2.25. The molecule has 3 nitrogen and oxygen atoms in total. The Morgan fingerprint density at radius 1 is 1.00 bits per heavy atom. The van der Waals surface area contributed by atoms with Gasteiger partial charge in [-0.1, -0.05) is 68.7 Å². The quantitative estimate of drug-likeness (QED) is 0.754. The summed E-state index contributed by atoms with van der Waals surface area (Å²) >= 11 is 0. The van der Waals surface area contributed by atoms with Gasteiger partial charge in [-0.05, 0) is 42.0 Å². The van der Waals surface area contributed by atoms with Gasteiger partial charge in [-0.25, -0.2) is 0 Å². The van der Waals surface area contributed by atoms with E-state index in [9.17, 15) is 4.79 Å². The molecule has 3 rings (SSSR count). The van der Waals surface area contributed by atoms with Crippen LogP contribution in [-0.2, 0) is 17.9 Å². The van der Waals surface area contributed by atoms with Crippen LogP contribution in [-0.4, -0.2) is 5.91 Å². The Kier molecular flexibility index (Phi) is 6.70. The first-order valence-electron chi connectivity index (χ1n) is 9.76. The van der Waals surface area contributed by atoms with E-state index in [1.807, 2.05) is 42.5 Å². The number of benzene rings is 2. The minimum Gasteiger partial charge on any atom is -0.489 e. The smallest absolute Gasteiger partial charge is 0.223 e. The zero-order valence-corrected chi connectivity index (χ0v) is 15.6. The second kappa shape index (κ2) is 9.42. The van der Waals surface area contributed by atoms with Crippen LogP contribution in [0.5, 0.6) is 5.75 Å². The third-order valence-corrected chi connectivity index (χ3v) is 5.41. The minimum atomic E-state index is 0.115. The third kappa shape index (κ3) is 5.35. The Morgan fingerprint density at radius 3 is 2.38 bits per heavy atom. The topological polar surface area (TPSA) is 38.3 Å². The van der Waals surface area contributed by atoms with Crippen molar-refractivity contribution in [1.82, 2.24) is 5.32 Å². The lowest BCUT2D eigenvalue weighted by atomic mass is 9.80. The van der Waals surface area contributed by atoms with Crippen LogP contribution in [0.1, 0.15) is 50.2 Å². The van der Waals surface area contributed by atoms with E-state index in [1.165, 1.54) is 32.1 Å². The second-order valence-corrected chi connectivity index (χ2v) is 7.32. The van der Waals surface area contributed by atoms with Crippen molar-refractivity contribution in [2.75, 3.05) is 0 Å². The summed E-state index contributed by atoms with van der Waals surface area (Å²) < 4.78 is 5.80. The molecule has 138 valence electrons. The molecule has 1 aliphatic carbocycles. The molecule has 0 heterocycles. The first-order valence-corrected chi connectivity index (χ1v) is 9.76. The molecule has 0 bridgehead atoms. The molecule has 3 heteroatoms. The Labute approximate surface area is 156 Å². The molecule has 0 saturated heterocycles. The lowest BCUT2D eigenvalue weighted by molar-refractivity contribution is -0.126. The van der Waals surface area contributed by atoms with Gasteiger partial charge in [-0.2, -0.15) is 0 Å². The van der Waals surface area contributed by atoms with Gasteiger partial charge >= 0.3 is 0 Å². The number of rotatable bonds is 7. The Bertz CT molecular complexity index is 675. The van der Waals surface area contributed by atoms with Crippen molar-refractivity contribution >= 4 is 5.91 Å². The van der Waals surface area contributed by atoms with Crippen molar-refractivity contribution in [3.8, 4) is 5.75 Å². The fourth-order valence-electron chi connectivity index (χ4n) is 3.64. The predicted molar refractivity (Wildman–Crippen MR) is 105 cm³/mol. The van der Waals surface area contributed by atoms with Gasteiger partial charge in [-0.3, -0.25) is 4.79 Å². The van der Waals surface area contributed by atoms with Crippen molar-refractivity contribution in [1.29, 1.82) is 0 Å². The van der Waals surface area contributed by atoms with Crippen LogP contribution in [0.4, 0.5) is 0 Å². The van der Waals surface area contributed by atoms with Crippen molar-refractivity contribution in [2.45, 2.75) is 52.2 Å². The van der Waals surface area contributed by atoms with E-state index < -0.39 is 0 Å². The van der Waals surface area contributed by atoms with Crippen molar-refractivity contribution in [3.05, 3.63) is 65.7 Å². The molecule has 0 unspecified atom stereocenters. The summed E-state index contributed by atoms with van der Waals surface area (Å²) in [5, 5.41) is 3.09. The molecule has 1 fully saturated rings. The summed E-state index contributed by atoms with van der Waals surface area (Å²) in [6, 6.07) is 18.1. The Morgan fingerprint density at radius 2 is 1.69 bits per heavy atom. The van der Waals surface area contributed by atoms with Crippen molar-refractivity contribution in [2.24, 2.45) is 11.8 Å². The minimum absolute atomic E-state index is 0.115. The van der Waals surface area contributed by atoms with E-state index in [0.29, 0.717) is 19.1 Å². The fraction of sp³-hybridized carbons (Fsp3) is 0.435. The normalized spacial score (nSPS) is 16.0. The first kappa shape index (κ1) is 18.5. The van der Waals surface area contributed by atoms with E-state index in [0.717, 1.165) is 16.9 Å². The lowest BCUT2D eigenvalue weighted by Gasteiger charge is -2.26. The van der Waals surface area contributed by atoms with Gasteiger partial charge in [0.2, 0.25) is 5.91 Å². The maximum atomic E-state index is 12.4. The van der Waals surface area contributed by atoms with Crippen LogP contribution in [0.25, 0.3) is 0 Å². The Hall–Kier alpha value is -2.29. The van der Waals surface area contributed by atoms with Gasteiger partial charge in [0.15, 0.2) is 0 Å². The molecule has 0 aliphatic heterocycles. The molecule has 0 spiro atoms. The zero-order chi connectivity index (χ0) is 18.2. The maximum Gasteiger partial charge on any atom is 0.223 e. The molecule has 0 radical (unpaired) electrons. The fourth-order valence-corrected chi connectivity index (χ4v) is 3.64. The van der Waals surface area contributed by atoms with Crippen LogP contribution in [0.15, 0.2) is 54.6 Å². The molecular weight excluding hydrogens is 322 g/mol. The molecule has 26 heavy (non-hydrogen) atoms. The molecule has 0 aromatic heterocycles. The van der Waals surface area contributed by atoms with Gasteiger partial charge in [0.1, 0.15) is 12.4 Å². The van der Waals surface area contributed by atoms with Gasteiger partial charge in [0.25, 0.3) is 0 Å². The third-order valence-electron chi connectivity index (χ3n) is 5.41. The number of ether oxygens (including phenoxy) is 1. The molecule has 2 aromatic rings. The number of hydrogen-bond donors (Lipinski definition) is 1. The van der Waals surface area contributed by atoms with Crippen molar-refractivity contribution < 1.29 is 9.53 Å². The summed E-state index contributed by atoms with van der Waals surface area (Å²) in [4.78, 5) is 12.4. The summed E-state index contributed by atoms with van der Waals surface area (Å²) in [5.41, 5.74) is 2.25. The number of carbonyl (C=O) groups excluding carboxylic acids is 1. The molecule has 1 amide bonds. The van der Waals surface area contributed by atoms with Crippen LogP contribution in [0.2, 0.25) is 0 Å². The zero-order valence-electron chi connectivity index (χ0n) is 15.6. The maximum absolute atomic E-state index is 12.4. The van der Waals surface area contributed by atoms with E-state index in [-0.39, 0.29) is 11.8 Å². The van der Waals surface area contributed by atoms with E-state index >= 15 is 0 Å². The SMILES string of the molecule is C[C@@H](C(=O)NCc1ccc(OCc2ccccc2)cc1)C1CCCCC1. The van der Waals surface area contributed by atoms with Gasteiger partial charge in [0, 0.05) is 12.5 Å². The van der Waals surface area contributed by atoms with E-state index in [2.05, 4.69) is 24.4 Å². The predicted octanol–water partition coefficient (Wildman–Crippen LogP) is 5.10. The molecule has 1 atom stereocenters. The second-order valence-electron chi connectivity index (χ2n) is 7.32. The summed E-state index contributed by atoms with van der Waals surface area (Å²) in [6.45, 7) is 3.22. The Balaban J connectivity index is 1.44. The highest BCUT2D eigenvalue weighted by atomic mass is 16.5. The summed E-state index contributed by atoms with van der Waals surface area (Å²) in [5.74, 6) is 1.70. The largest absolute Gasteiger partial charge is 0.489 e.